The first-order chi connectivity index (χ1) is 17.7. The van der Waals surface area contributed by atoms with Gasteiger partial charge in [-0.25, -0.2) is 25.9 Å². The first-order valence-corrected chi connectivity index (χ1v) is 13.8. The minimum atomic E-state index is -4.74. The number of rotatable bonds is 10. The van der Waals surface area contributed by atoms with Crippen molar-refractivity contribution in [1.29, 1.82) is 0 Å². The van der Waals surface area contributed by atoms with Crippen LogP contribution in [0.3, 0.4) is 0 Å². The Kier molecular flexibility index (Phi) is 8.90. The summed E-state index contributed by atoms with van der Waals surface area (Å²) in [6.45, 7) is -0.0233. The number of sulfonamides is 1. The molecule has 1 aliphatic heterocycles. The molecule has 0 spiro atoms. The van der Waals surface area contributed by atoms with Gasteiger partial charge < -0.3 is 14.2 Å². The Morgan fingerprint density at radius 2 is 2.05 bits per heavy atom. The first-order valence-electron chi connectivity index (χ1n) is 11.4. The standard InChI is InChI=1S/C24H25BrF3N3O5S/c1-34-14-31(37(32,33)20-12-16(26)8-9-18(20)27)19-6-4-5-17(23(19)28)24-15(13-29-30-24)11-21(25)36-22-7-2-3-10-35-22/h4-6,8-9,12-13,21-22H,2-3,7,10-11,14H2,1H3,(H,29,30). The van der Waals surface area contributed by atoms with Crippen molar-refractivity contribution in [3.05, 3.63) is 65.6 Å². The van der Waals surface area contributed by atoms with E-state index in [1.54, 1.807) is 6.20 Å². The summed E-state index contributed by atoms with van der Waals surface area (Å²) in [7, 11) is -3.54. The van der Waals surface area contributed by atoms with Gasteiger partial charge in [0.2, 0.25) is 0 Å². The lowest BCUT2D eigenvalue weighted by molar-refractivity contribution is -0.168. The number of hydrogen-bond acceptors (Lipinski definition) is 6. The van der Waals surface area contributed by atoms with Crippen LogP contribution in [0, 0.1) is 17.5 Å². The number of alkyl halides is 1. The van der Waals surface area contributed by atoms with Crippen molar-refractivity contribution in [1.82, 2.24) is 10.2 Å². The van der Waals surface area contributed by atoms with E-state index < -0.39 is 49.8 Å². The van der Waals surface area contributed by atoms with Gasteiger partial charge in [-0.3, -0.25) is 5.10 Å². The summed E-state index contributed by atoms with van der Waals surface area (Å²) in [6, 6.07) is 6.09. The number of methoxy groups -OCH3 is 1. The van der Waals surface area contributed by atoms with Gasteiger partial charge in [0, 0.05) is 37.5 Å². The molecule has 3 aromatic rings. The predicted molar refractivity (Wildman–Crippen MR) is 133 cm³/mol. The van der Waals surface area contributed by atoms with Gasteiger partial charge in [0.1, 0.15) is 28.3 Å². The second kappa shape index (κ2) is 11.9. The second-order valence-corrected chi connectivity index (χ2v) is 11.1. The largest absolute Gasteiger partial charge is 0.363 e. The first kappa shape index (κ1) is 27.6. The number of ether oxygens (including phenoxy) is 3. The van der Waals surface area contributed by atoms with Crippen molar-refractivity contribution in [3.63, 3.8) is 0 Å². The quantitative estimate of drug-likeness (QED) is 0.256. The van der Waals surface area contributed by atoms with Crippen LogP contribution in [0.2, 0.25) is 0 Å². The lowest BCUT2D eigenvalue weighted by atomic mass is 10.0. The van der Waals surface area contributed by atoms with Crippen molar-refractivity contribution in [3.8, 4) is 11.3 Å². The maximum atomic E-state index is 15.9. The Morgan fingerprint density at radius 3 is 2.78 bits per heavy atom. The van der Waals surface area contributed by atoms with Gasteiger partial charge in [-0.05, 0) is 49.6 Å². The molecule has 0 aliphatic carbocycles. The Labute approximate surface area is 220 Å². The van der Waals surface area contributed by atoms with Gasteiger partial charge in [-0.1, -0.05) is 22.0 Å². The fourth-order valence-corrected chi connectivity index (χ4v) is 6.03. The summed E-state index contributed by atoms with van der Waals surface area (Å²) in [5, 5.41) is 6.42. The molecular weight excluding hydrogens is 579 g/mol. The molecule has 2 unspecified atom stereocenters. The van der Waals surface area contributed by atoms with E-state index in [9.17, 15) is 17.2 Å². The molecule has 0 saturated carbocycles. The van der Waals surface area contributed by atoms with Crippen molar-refractivity contribution >= 4 is 31.6 Å². The summed E-state index contributed by atoms with van der Waals surface area (Å²) < 4.78 is 87.5. The molecule has 1 aliphatic rings. The zero-order valence-corrected chi connectivity index (χ0v) is 22.2. The molecule has 1 N–H and O–H groups in total. The van der Waals surface area contributed by atoms with E-state index in [0.717, 1.165) is 25.3 Å². The highest BCUT2D eigenvalue weighted by Crippen LogP contribution is 2.35. The van der Waals surface area contributed by atoms with Crippen LogP contribution in [0.25, 0.3) is 11.3 Å². The third-order valence-electron chi connectivity index (χ3n) is 5.75. The Balaban J connectivity index is 1.66. The summed E-state index contributed by atoms with van der Waals surface area (Å²) in [4.78, 5) is -0.945. The van der Waals surface area contributed by atoms with E-state index in [-0.39, 0.29) is 17.5 Å². The number of hydrogen-bond donors (Lipinski definition) is 1. The summed E-state index contributed by atoms with van der Waals surface area (Å²) >= 11 is 3.48. The average molecular weight is 604 g/mol. The molecule has 37 heavy (non-hydrogen) atoms. The topological polar surface area (TPSA) is 93.8 Å². The summed E-state index contributed by atoms with van der Waals surface area (Å²) in [6.07, 6.45) is 4.31. The molecule has 1 saturated heterocycles. The average Bonchev–Trinajstić information content (AvgIpc) is 3.32. The molecule has 2 aromatic carbocycles. The van der Waals surface area contributed by atoms with Crippen LogP contribution in [-0.2, 0) is 30.7 Å². The molecule has 0 amide bonds. The van der Waals surface area contributed by atoms with Crippen LogP contribution < -0.4 is 4.31 Å². The number of anilines is 1. The van der Waals surface area contributed by atoms with Crippen molar-refractivity contribution in [2.75, 3.05) is 24.8 Å². The highest BCUT2D eigenvalue weighted by Gasteiger charge is 2.32. The highest BCUT2D eigenvalue weighted by atomic mass is 79.9. The number of aromatic nitrogens is 2. The second-order valence-electron chi connectivity index (χ2n) is 8.29. The molecule has 200 valence electrons. The van der Waals surface area contributed by atoms with E-state index in [4.69, 9.17) is 14.2 Å². The minimum Gasteiger partial charge on any atom is -0.363 e. The minimum absolute atomic E-state index is 0.00150. The van der Waals surface area contributed by atoms with E-state index in [1.165, 1.54) is 25.3 Å². The lowest BCUT2D eigenvalue weighted by Crippen LogP contribution is -2.34. The zero-order chi connectivity index (χ0) is 26.6. The van der Waals surface area contributed by atoms with Gasteiger partial charge in [0.25, 0.3) is 10.0 Å². The van der Waals surface area contributed by atoms with Crippen LogP contribution in [0.5, 0.6) is 0 Å². The van der Waals surface area contributed by atoms with Gasteiger partial charge >= 0.3 is 0 Å². The number of nitrogens with one attached hydrogen (secondary N) is 1. The smallest absolute Gasteiger partial charge is 0.269 e. The summed E-state index contributed by atoms with van der Waals surface area (Å²) in [5.41, 5.74) is 0.423. The SMILES string of the molecule is COCN(c1cccc(-c2n[nH]cc2CC(Br)OC2CCCCO2)c1F)S(=O)(=O)c1cc(F)ccc1F. The van der Waals surface area contributed by atoms with Crippen LogP contribution >= 0.6 is 15.9 Å². The number of aromatic amines is 1. The van der Waals surface area contributed by atoms with Crippen LogP contribution in [0.4, 0.5) is 18.9 Å². The Bertz CT molecular complexity index is 1330. The number of nitrogens with zero attached hydrogens (tertiary/aromatic N) is 2. The molecule has 1 aromatic heterocycles. The molecular formula is C24H25BrF3N3O5S. The fraction of sp³-hybridized carbons (Fsp3) is 0.375. The van der Waals surface area contributed by atoms with Gasteiger partial charge in [0.05, 0.1) is 11.4 Å². The molecule has 1 fully saturated rings. The molecule has 0 radical (unpaired) electrons. The normalized spacial score (nSPS) is 17.1. The monoisotopic (exact) mass is 603 g/mol. The maximum Gasteiger partial charge on any atom is 0.269 e. The maximum absolute atomic E-state index is 15.9. The molecule has 4 rings (SSSR count). The van der Waals surface area contributed by atoms with E-state index in [0.29, 0.717) is 35.0 Å². The van der Waals surface area contributed by atoms with Crippen molar-refractivity contribution < 1.29 is 35.8 Å². The van der Waals surface area contributed by atoms with Gasteiger partial charge in [-0.2, -0.15) is 5.10 Å². The van der Waals surface area contributed by atoms with Crippen LogP contribution in [-0.4, -0.2) is 50.4 Å². The lowest BCUT2D eigenvalue weighted by Gasteiger charge is -2.25. The van der Waals surface area contributed by atoms with Gasteiger partial charge in [-0.15, -0.1) is 0 Å². The highest BCUT2D eigenvalue weighted by molar-refractivity contribution is 9.09. The van der Waals surface area contributed by atoms with Gasteiger partial charge in [0.15, 0.2) is 12.1 Å². The molecule has 8 nitrogen and oxygen atoms in total. The van der Waals surface area contributed by atoms with Crippen LogP contribution in [0.15, 0.2) is 47.5 Å². The number of H-pyrrole nitrogens is 1. The van der Waals surface area contributed by atoms with E-state index in [2.05, 4.69) is 26.1 Å². The predicted octanol–water partition coefficient (Wildman–Crippen LogP) is 5.10. The Hall–Kier alpha value is -2.45. The molecule has 0 bridgehead atoms. The zero-order valence-electron chi connectivity index (χ0n) is 19.8. The molecule has 13 heteroatoms. The van der Waals surface area contributed by atoms with Crippen LogP contribution in [0.1, 0.15) is 24.8 Å². The molecule has 2 atom stereocenters. The fourth-order valence-electron chi connectivity index (χ4n) is 3.98. The van der Waals surface area contributed by atoms with E-state index in [1.807, 2.05) is 0 Å². The molecule has 2 heterocycles. The third kappa shape index (κ3) is 6.17. The van der Waals surface area contributed by atoms with Crippen molar-refractivity contribution in [2.24, 2.45) is 0 Å². The van der Waals surface area contributed by atoms with E-state index >= 15 is 4.39 Å². The van der Waals surface area contributed by atoms with Crippen molar-refractivity contribution in [2.45, 2.75) is 41.9 Å². The Morgan fingerprint density at radius 1 is 1.24 bits per heavy atom. The number of halogens is 4. The third-order valence-corrected chi connectivity index (χ3v) is 8.04. The summed E-state index contributed by atoms with van der Waals surface area (Å²) in [5.74, 6) is -3.08. The number of benzene rings is 2.